The van der Waals surface area contributed by atoms with E-state index in [4.69, 9.17) is 11.6 Å². The highest BCUT2D eigenvalue weighted by molar-refractivity contribution is 6.20. The Morgan fingerprint density at radius 3 is 2.08 bits per heavy atom. The van der Waals surface area contributed by atoms with Gasteiger partial charge in [-0.3, -0.25) is 0 Å². The lowest BCUT2D eigenvalue weighted by atomic mass is 9.90. The summed E-state index contributed by atoms with van der Waals surface area (Å²) in [7, 11) is 0. The number of alkyl halides is 1. The van der Waals surface area contributed by atoms with Gasteiger partial charge in [-0.25, -0.2) is 0 Å². The summed E-state index contributed by atoms with van der Waals surface area (Å²) >= 11 is 6.29. The van der Waals surface area contributed by atoms with Crippen LogP contribution in [-0.4, -0.2) is 5.38 Å². The summed E-state index contributed by atoms with van der Waals surface area (Å²) in [6.07, 6.45) is 4.90. The molecule has 0 N–H and O–H groups in total. The standard InChI is InChI=1S/C11H23Cl/c1-5-7-11(12)10(6-2)8-9(3)4/h9-11H,5-8H2,1-4H3. The molecule has 0 bridgehead atoms. The third-order valence-electron chi connectivity index (χ3n) is 2.37. The first-order valence-corrected chi connectivity index (χ1v) is 5.69. The van der Waals surface area contributed by atoms with Gasteiger partial charge in [0.15, 0.2) is 0 Å². The third-order valence-corrected chi connectivity index (χ3v) is 2.95. The Hall–Kier alpha value is 0.290. The second-order valence-corrected chi connectivity index (χ2v) is 4.66. The van der Waals surface area contributed by atoms with Gasteiger partial charge in [0.25, 0.3) is 0 Å². The zero-order valence-electron chi connectivity index (χ0n) is 8.94. The fraction of sp³-hybridized carbons (Fsp3) is 1.00. The summed E-state index contributed by atoms with van der Waals surface area (Å²) in [6, 6.07) is 0. The van der Waals surface area contributed by atoms with Gasteiger partial charge in [-0.05, 0) is 24.7 Å². The summed E-state index contributed by atoms with van der Waals surface area (Å²) < 4.78 is 0. The zero-order valence-corrected chi connectivity index (χ0v) is 9.69. The summed E-state index contributed by atoms with van der Waals surface area (Å²) in [5.74, 6) is 1.51. The molecular formula is C11H23Cl. The number of halogens is 1. The molecule has 0 aliphatic carbocycles. The SMILES string of the molecule is CCCC(Cl)C(CC)CC(C)C. The van der Waals surface area contributed by atoms with Gasteiger partial charge in [0.1, 0.15) is 0 Å². The minimum Gasteiger partial charge on any atom is -0.123 e. The van der Waals surface area contributed by atoms with Gasteiger partial charge in [0, 0.05) is 5.38 Å². The Morgan fingerprint density at radius 2 is 1.75 bits per heavy atom. The molecule has 0 spiro atoms. The normalized spacial score (nSPS) is 16.5. The van der Waals surface area contributed by atoms with Gasteiger partial charge >= 0.3 is 0 Å². The van der Waals surface area contributed by atoms with Gasteiger partial charge in [-0.2, -0.15) is 0 Å². The number of hydrogen-bond acceptors (Lipinski definition) is 0. The van der Waals surface area contributed by atoms with Crippen LogP contribution in [0, 0.1) is 11.8 Å². The van der Waals surface area contributed by atoms with Crippen molar-refractivity contribution in [3.8, 4) is 0 Å². The first-order chi connectivity index (χ1) is 5.61. The van der Waals surface area contributed by atoms with Crippen molar-refractivity contribution in [1.82, 2.24) is 0 Å². The van der Waals surface area contributed by atoms with Gasteiger partial charge in [0.2, 0.25) is 0 Å². The quantitative estimate of drug-likeness (QED) is 0.543. The van der Waals surface area contributed by atoms with Crippen LogP contribution in [0.1, 0.15) is 53.4 Å². The molecule has 0 aromatic carbocycles. The van der Waals surface area contributed by atoms with E-state index in [1.165, 1.54) is 25.7 Å². The van der Waals surface area contributed by atoms with Crippen LogP contribution >= 0.6 is 11.6 Å². The van der Waals surface area contributed by atoms with Crippen LogP contribution in [0.3, 0.4) is 0 Å². The Balaban J connectivity index is 3.78. The lowest BCUT2D eigenvalue weighted by Crippen LogP contribution is -2.16. The van der Waals surface area contributed by atoms with Crippen LogP contribution < -0.4 is 0 Å². The largest absolute Gasteiger partial charge is 0.123 e. The number of rotatable bonds is 6. The van der Waals surface area contributed by atoms with Gasteiger partial charge in [-0.15, -0.1) is 11.6 Å². The molecule has 0 rings (SSSR count). The van der Waals surface area contributed by atoms with E-state index in [9.17, 15) is 0 Å². The number of hydrogen-bond donors (Lipinski definition) is 0. The highest BCUT2D eigenvalue weighted by Crippen LogP contribution is 2.25. The van der Waals surface area contributed by atoms with Gasteiger partial charge < -0.3 is 0 Å². The molecule has 0 nitrogen and oxygen atoms in total. The van der Waals surface area contributed by atoms with E-state index in [2.05, 4.69) is 27.7 Å². The van der Waals surface area contributed by atoms with Crippen molar-refractivity contribution in [3.63, 3.8) is 0 Å². The van der Waals surface area contributed by atoms with Gasteiger partial charge in [0.05, 0.1) is 0 Å². The third kappa shape index (κ3) is 5.03. The first-order valence-electron chi connectivity index (χ1n) is 5.25. The second kappa shape index (κ2) is 6.77. The predicted octanol–water partition coefficient (Wildman–Crippen LogP) is 4.47. The summed E-state index contributed by atoms with van der Waals surface area (Å²) in [5, 5.41) is 0.405. The maximum atomic E-state index is 6.29. The second-order valence-electron chi connectivity index (χ2n) is 4.10. The van der Waals surface area contributed by atoms with Crippen molar-refractivity contribution < 1.29 is 0 Å². The monoisotopic (exact) mass is 190 g/mol. The average molecular weight is 191 g/mol. The average Bonchev–Trinajstić information content (AvgIpc) is 2.00. The topological polar surface area (TPSA) is 0 Å². The molecule has 0 aromatic rings. The summed E-state index contributed by atoms with van der Waals surface area (Å²) in [6.45, 7) is 9.01. The van der Waals surface area contributed by atoms with E-state index < -0.39 is 0 Å². The van der Waals surface area contributed by atoms with Crippen LogP contribution in [0.4, 0.5) is 0 Å². The molecule has 0 amide bonds. The molecule has 0 saturated carbocycles. The molecule has 0 aliphatic rings. The van der Waals surface area contributed by atoms with E-state index in [0.717, 1.165) is 11.8 Å². The molecule has 1 heteroatoms. The highest BCUT2D eigenvalue weighted by Gasteiger charge is 2.17. The van der Waals surface area contributed by atoms with Crippen LogP contribution in [0.15, 0.2) is 0 Å². The molecule has 0 radical (unpaired) electrons. The maximum Gasteiger partial charge on any atom is 0.0364 e. The summed E-state index contributed by atoms with van der Waals surface area (Å²) in [5.41, 5.74) is 0. The molecule has 0 aliphatic heterocycles. The minimum absolute atomic E-state index is 0.405. The first kappa shape index (κ1) is 12.3. The van der Waals surface area contributed by atoms with Crippen molar-refractivity contribution in [2.75, 3.05) is 0 Å². The molecule has 74 valence electrons. The molecule has 0 saturated heterocycles. The predicted molar refractivity (Wildman–Crippen MR) is 57.8 cm³/mol. The van der Waals surface area contributed by atoms with E-state index >= 15 is 0 Å². The Morgan fingerprint density at radius 1 is 1.17 bits per heavy atom. The van der Waals surface area contributed by atoms with E-state index in [1.54, 1.807) is 0 Å². The van der Waals surface area contributed by atoms with Crippen molar-refractivity contribution in [1.29, 1.82) is 0 Å². The van der Waals surface area contributed by atoms with Crippen LogP contribution in [0.5, 0.6) is 0 Å². The van der Waals surface area contributed by atoms with Crippen molar-refractivity contribution >= 4 is 11.6 Å². The molecule has 0 aromatic heterocycles. The molecule has 0 heterocycles. The molecular weight excluding hydrogens is 168 g/mol. The maximum absolute atomic E-state index is 6.29. The fourth-order valence-corrected chi connectivity index (χ4v) is 2.19. The van der Waals surface area contributed by atoms with E-state index in [1.807, 2.05) is 0 Å². The van der Waals surface area contributed by atoms with Crippen LogP contribution in [0.2, 0.25) is 0 Å². The fourth-order valence-electron chi connectivity index (χ4n) is 1.69. The Labute approximate surface area is 82.7 Å². The van der Waals surface area contributed by atoms with Crippen molar-refractivity contribution in [2.24, 2.45) is 11.8 Å². The van der Waals surface area contributed by atoms with Crippen LogP contribution in [0.25, 0.3) is 0 Å². The summed E-state index contributed by atoms with van der Waals surface area (Å²) in [4.78, 5) is 0. The Bertz CT molecular complexity index is 99.2. The Kier molecular flexibility index (Phi) is 6.93. The highest BCUT2D eigenvalue weighted by atomic mass is 35.5. The lowest BCUT2D eigenvalue weighted by Gasteiger charge is -2.22. The minimum atomic E-state index is 0.405. The van der Waals surface area contributed by atoms with Crippen molar-refractivity contribution in [2.45, 2.75) is 58.8 Å². The molecule has 2 unspecified atom stereocenters. The van der Waals surface area contributed by atoms with Crippen molar-refractivity contribution in [3.05, 3.63) is 0 Å². The lowest BCUT2D eigenvalue weighted by molar-refractivity contribution is 0.372. The van der Waals surface area contributed by atoms with E-state index in [0.29, 0.717) is 5.38 Å². The molecule has 0 fully saturated rings. The van der Waals surface area contributed by atoms with E-state index in [-0.39, 0.29) is 0 Å². The smallest absolute Gasteiger partial charge is 0.0364 e. The van der Waals surface area contributed by atoms with Crippen LogP contribution in [-0.2, 0) is 0 Å². The molecule has 2 atom stereocenters. The van der Waals surface area contributed by atoms with Gasteiger partial charge in [-0.1, -0.05) is 40.5 Å². The molecule has 12 heavy (non-hydrogen) atoms. The zero-order chi connectivity index (χ0) is 9.56.